The van der Waals surface area contributed by atoms with Crippen LogP contribution in [0.1, 0.15) is 73.6 Å². The largest absolute Gasteiger partial charge is 0.121 e. The monoisotopic (exact) mass is 1250 g/mol. The maximum Gasteiger partial charge on any atom is 0.121 e. The Kier molecular flexibility index (Phi) is 23.9. The molecule has 1 aliphatic heterocycles. The van der Waals surface area contributed by atoms with Crippen LogP contribution in [0, 0.1) is 0 Å². The summed E-state index contributed by atoms with van der Waals surface area (Å²) in [6, 6.07) is 60.9. The molecule has 0 atom stereocenters. The van der Waals surface area contributed by atoms with Gasteiger partial charge in [-0.3, -0.25) is 0 Å². The van der Waals surface area contributed by atoms with E-state index in [4.69, 9.17) is 0 Å². The third kappa shape index (κ3) is 14.4. The first kappa shape index (κ1) is 51.9. The number of rotatable bonds is 30. The van der Waals surface area contributed by atoms with Crippen molar-refractivity contribution in [1.82, 2.24) is 0 Å². The van der Waals surface area contributed by atoms with E-state index in [-0.39, 0.29) is 0 Å². The predicted molar refractivity (Wildman–Crippen MR) is 304 cm³/mol. The molecule has 0 aromatic heterocycles. The molecule has 1 aliphatic rings. The number of benzene rings is 4. The molecule has 0 N–H and O–H groups in total. The van der Waals surface area contributed by atoms with E-state index >= 15 is 0 Å². The minimum absolute atomic E-state index is 1.12. The quantitative estimate of drug-likeness (QED) is 0.0361. The fraction of sp³-hybridized carbons (Fsp3) is 0.462. The SMILES string of the molecule is BrCCC[Si](CCCBr)(CCCBr)CCC[Si]1(CCC[Si](CCCBr)(CCCBr)CCCBr)C(c2ccccc2)=C(c2ccccc2)C(c2ccccc2)=C1c1ccccc1. The Morgan fingerprint density at radius 1 is 0.295 bits per heavy atom. The van der Waals surface area contributed by atoms with Gasteiger partial charge in [-0.2, -0.15) is 0 Å². The Labute approximate surface area is 424 Å². The third-order valence-corrected chi connectivity index (χ3v) is 33.7. The van der Waals surface area contributed by atoms with Crippen LogP contribution in [-0.4, -0.2) is 56.2 Å². The molecule has 0 saturated heterocycles. The number of alkyl halides is 6. The summed E-state index contributed by atoms with van der Waals surface area (Å²) in [6.07, 6.45) is 10.5. The Bertz CT molecular complexity index is 1710. The van der Waals surface area contributed by atoms with Crippen molar-refractivity contribution in [2.45, 2.75) is 112 Å². The smallest absolute Gasteiger partial charge is 0.0928 e. The molecular weight excluding hydrogens is 1190 g/mol. The molecule has 0 saturated carbocycles. The summed E-state index contributed by atoms with van der Waals surface area (Å²) in [5, 5.41) is 10.1. The molecule has 4 aromatic rings. The van der Waals surface area contributed by atoms with E-state index in [0.29, 0.717) is 0 Å². The third-order valence-electron chi connectivity index (χ3n) is 13.6. The van der Waals surface area contributed by atoms with Crippen LogP contribution in [0.25, 0.3) is 21.5 Å². The molecular formula is C52H68Br6Si3. The molecule has 61 heavy (non-hydrogen) atoms. The van der Waals surface area contributed by atoms with Gasteiger partial charge < -0.3 is 0 Å². The molecule has 0 spiro atoms. The maximum absolute atomic E-state index is 3.88. The highest BCUT2D eigenvalue weighted by atomic mass is 79.9. The van der Waals surface area contributed by atoms with Crippen molar-refractivity contribution in [3.8, 4) is 0 Å². The topological polar surface area (TPSA) is 0 Å². The van der Waals surface area contributed by atoms with Crippen molar-refractivity contribution in [3.63, 3.8) is 0 Å². The van der Waals surface area contributed by atoms with Gasteiger partial charge in [0.2, 0.25) is 0 Å². The summed E-state index contributed by atoms with van der Waals surface area (Å²) >= 11 is 23.3. The first-order chi connectivity index (χ1) is 30.0. The van der Waals surface area contributed by atoms with E-state index in [1.807, 2.05) is 0 Å². The van der Waals surface area contributed by atoms with Crippen LogP contribution < -0.4 is 0 Å². The summed E-state index contributed by atoms with van der Waals surface area (Å²) in [6.45, 7) is 0. The average Bonchev–Trinajstić information content (AvgIpc) is 3.61. The van der Waals surface area contributed by atoms with Gasteiger partial charge in [-0.15, -0.1) is 0 Å². The van der Waals surface area contributed by atoms with E-state index in [9.17, 15) is 0 Å². The molecule has 0 aliphatic carbocycles. The fourth-order valence-electron chi connectivity index (χ4n) is 11.0. The van der Waals surface area contributed by atoms with Gasteiger partial charge in [-0.25, -0.2) is 0 Å². The Hall–Kier alpha value is -0.109. The minimum Gasteiger partial charge on any atom is -0.0928 e. The summed E-state index contributed by atoms with van der Waals surface area (Å²) in [5.41, 5.74) is 8.66. The van der Waals surface area contributed by atoms with E-state index in [1.165, 1.54) is 145 Å². The zero-order valence-corrected chi connectivity index (χ0v) is 48.8. The molecule has 0 nitrogen and oxygen atoms in total. The molecule has 0 fully saturated rings. The predicted octanol–water partition coefficient (Wildman–Crippen LogP) is 19.1. The zero-order valence-electron chi connectivity index (χ0n) is 36.3. The van der Waals surface area contributed by atoms with Gasteiger partial charge in [0.25, 0.3) is 0 Å². The van der Waals surface area contributed by atoms with Gasteiger partial charge in [-0.05, 0) is 94.4 Å². The van der Waals surface area contributed by atoms with Crippen LogP contribution in [0.3, 0.4) is 0 Å². The van der Waals surface area contributed by atoms with Crippen molar-refractivity contribution < 1.29 is 0 Å². The normalized spacial score (nSPS) is 14.3. The second-order valence-electron chi connectivity index (χ2n) is 17.5. The van der Waals surface area contributed by atoms with Crippen molar-refractivity contribution in [1.29, 1.82) is 0 Å². The lowest BCUT2D eigenvalue weighted by molar-refractivity contribution is 0.875. The molecule has 1 heterocycles. The maximum atomic E-state index is 3.88. The molecule has 9 heteroatoms. The number of allylic oxidation sites excluding steroid dienone is 2. The molecule has 4 aromatic carbocycles. The Morgan fingerprint density at radius 2 is 0.525 bits per heavy atom. The summed E-state index contributed by atoms with van der Waals surface area (Å²) in [4.78, 5) is 0. The molecule has 0 unspecified atom stereocenters. The molecule has 330 valence electrons. The van der Waals surface area contributed by atoms with Crippen LogP contribution >= 0.6 is 95.6 Å². The second-order valence-corrected chi connectivity index (χ2v) is 36.4. The Morgan fingerprint density at radius 3 is 0.770 bits per heavy atom. The van der Waals surface area contributed by atoms with E-state index < -0.39 is 24.2 Å². The first-order valence-corrected chi connectivity index (χ1v) is 37.8. The lowest BCUT2D eigenvalue weighted by Crippen LogP contribution is -2.40. The summed E-state index contributed by atoms with van der Waals surface area (Å²) < 4.78 is 0. The average molecular weight is 1260 g/mol. The van der Waals surface area contributed by atoms with Crippen LogP contribution in [-0.2, 0) is 0 Å². The fourth-order valence-corrected chi connectivity index (χ4v) is 32.9. The number of hydrogen-bond acceptors (Lipinski definition) is 0. The number of halogens is 6. The molecule has 5 rings (SSSR count). The van der Waals surface area contributed by atoms with Gasteiger partial charge in [0, 0.05) is 32.0 Å². The second kappa shape index (κ2) is 28.2. The highest BCUT2D eigenvalue weighted by molar-refractivity contribution is 9.10. The summed E-state index contributed by atoms with van der Waals surface area (Å²) in [5.74, 6) is 0. The van der Waals surface area contributed by atoms with Crippen LogP contribution in [0.5, 0.6) is 0 Å². The van der Waals surface area contributed by atoms with Crippen LogP contribution in [0.4, 0.5) is 0 Å². The van der Waals surface area contributed by atoms with Gasteiger partial charge in [-0.1, -0.05) is 278 Å². The highest BCUT2D eigenvalue weighted by Gasteiger charge is 2.50. The summed E-state index contributed by atoms with van der Waals surface area (Å²) in [7, 11) is -5.58. The van der Waals surface area contributed by atoms with Gasteiger partial charge in [0.15, 0.2) is 0 Å². The van der Waals surface area contributed by atoms with Crippen molar-refractivity contribution in [3.05, 3.63) is 144 Å². The Balaban J connectivity index is 1.80. The first-order valence-electron chi connectivity index (χ1n) is 23.0. The van der Waals surface area contributed by atoms with Gasteiger partial charge >= 0.3 is 0 Å². The van der Waals surface area contributed by atoms with Crippen molar-refractivity contribution in [2.75, 3.05) is 32.0 Å². The van der Waals surface area contributed by atoms with E-state index in [0.717, 1.165) is 32.0 Å². The lowest BCUT2D eigenvalue weighted by atomic mass is 9.89. The van der Waals surface area contributed by atoms with Crippen molar-refractivity contribution in [2.24, 2.45) is 0 Å². The standard InChI is InChI=1S/C52H68Br6Si3/c53-29-13-35-59(36-14-30-54,37-15-31-55)41-19-43-61(44-20-42-60(38-16-32-56,39-17-33-57)40-18-34-58)51(47-25-9-3-10-26-47)49(45-21-5-1-6-22-45)50(46-23-7-2-8-24-46)52(61)48-27-11-4-12-28-48/h1-12,21-28H,13-20,29-44H2. The van der Waals surface area contributed by atoms with Gasteiger partial charge in [0.05, 0.1) is 16.1 Å². The van der Waals surface area contributed by atoms with Crippen molar-refractivity contribution >= 4 is 141 Å². The molecule has 0 bridgehead atoms. The number of hydrogen-bond donors (Lipinski definition) is 0. The van der Waals surface area contributed by atoms with Gasteiger partial charge in [0.1, 0.15) is 8.07 Å². The van der Waals surface area contributed by atoms with E-state index in [1.54, 1.807) is 10.4 Å². The highest BCUT2D eigenvalue weighted by Crippen LogP contribution is 2.59. The van der Waals surface area contributed by atoms with Crippen LogP contribution in [0.15, 0.2) is 121 Å². The zero-order chi connectivity index (χ0) is 43.2. The minimum atomic E-state index is -2.50. The van der Waals surface area contributed by atoms with Crippen LogP contribution in [0.2, 0.25) is 60.4 Å². The molecule has 0 amide bonds. The van der Waals surface area contributed by atoms with E-state index in [2.05, 4.69) is 217 Å². The lowest BCUT2D eigenvalue weighted by Gasteiger charge is -2.39. The molecule has 0 radical (unpaired) electrons.